The van der Waals surface area contributed by atoms with Crippen LogP contribution in [0, 0.1) is 0 Å². The summed E-state index contributed by atoms with van der Waals surface area (Å²) >= 11 is 0. The van der Waals surface area contributed by atoms with Gasteiger partial charge in [0.1, 0.15) is 0 Å². The van der Waals surface area contributed by atoms with E-state index >= 15 is 0 Å². The lowest BCUT2D eigenvalue weighted by Gasteiger charge is -2.47. The lowest BCUT2D eigenvalue weighted by atomic mass is 9.91. The Morgan fingerprint density at radius 3 is 2.62 bits per heavy atom. The Morgan fingerprint density at radius 2 is 2.00 bits per heavy atom. The predicted molar refractivity (Wildman–Crippen MR) is 86.4 cm³/mol. The van der Waals surface area contributed by atoms with Gasteiger partial charge in [-0.3, -0.25) is 0 Å². The van der Waals surface area contributed by atoms with Crippen molar-refractivity contribution < 1.29 is 14.0 Å². The fourth-order valence-electron chi connectivity index (χ4n) is 3.26. The van der Waals surface area contributed by atoms with Gasteiger partial charge in [-0.15, -0.1) is 0 Å². The average molecular weight is 326 g/mol. The van der Waals surface area contributed by atoms with Gasteiger partial charge in [-0.05, 0) is 11.6 Å². The summed E-state index contributed by atoms with van der Waals surface area (Å²) < 4.78 is 5.17. The molecule has 7 heteroatoms. The van der Waals surface area contributed by atoms with Crippen LogP contribution in [0.5, 0.6) is 0 Å². The van der Waals surface area contributed by atoms with E-state index in [4.69, 9.17) is 4.42 Å². The third-order valence-electron chi connectivity index (χ3n) is 4.52. The van der Waals surface area contributed by atoms with Gasteiger partial charge in [0.25, 0.3) is 0 Å². The molecule has 3 heterocycles. The fraction of sp³-hybridized carbons (Fsp3) is 0.294. The fourth-order valence-corrected chi connectivity index (χ4v) is 3.26. The van der Waals surface area contributed by atoms with Crippen LogP contribution in [0.2, 0.25) is 0 Å². The van der Waals surface area contributed by atoms with E-state index in [1.165, 1.54) is 0 Å². The Kier molecular flexibility index (Phi) is 3.41. The highest BCUT2D eigenvalue weighted by Gasteiger charge is 2.49. The van der Waals surface area contributed by atoms with Crippen LogP contribution in [0.15, 0.2) is 53.3 Å². The maximum Gasteiger partial charge on any atom is 0.318 e. The molecule has 0 bridgehead atoms. The summed E-state index contributed by atoms with van der Waals surface area (Å²) in [5.41, 5.74) is 1.56. The van der Waals surface area contributed by atoms with Gasteiger partial charge in [0.2, 0.25) is 0 Å². The second-order valence-electron chi connectivity index (χ2n) is 6.29. The van der Waals surface area contributed by atoms with Crippen molar-refractivity contribution in [2.75, 3.05) is 19.6 Å². The van der Waals surface area contributed by atoms with E-state index in [0.717, 1.165) is 11.1 Å². The number of benzene rings is 1. The monoisotopic (exact) mass is 326 g/mol. The standard InChI is InChI=1S/C17H18N4O3/c22-15-18-9-17(20-15)10-21(11-17)16(23)19-14(13-6-7-24-8-13)12-4-2-1-3-5-12/h1-8,14H,9-11H2,(H,19,23)(H2,18,20,22). The van der Waals surface area contributed by atoms with E-state index in [1.54, 1.807) is 17.4 Å². The van der Waals surface area contributed by atoms with E-state index in [9.17, 15) is 9.59 Å². The molecule has 2 aromatic rings. The van der Waals surface area contributed by atoms with Crippen LogP contribution in [-0.4, -0.2) is 42.1 Å². The molecule has 2 saturated heterocycles. The molecule has 1 atom stereocenters. The first kappa shape index (κ1) is 14.6. The molecule has 2 aliphatic heterocycles. The molecule has 7 nitrogen and oxygen atoms in total. The summed E-state index contributed by atoms with van der Waals surface area (Å²) in [7, 11) is 0. The first-order valence-electron chi connectivity index (χ1n) is 7.84. The predicted octanol–water partition coefficient (Wildman–Crippen LogP) is 1.45. The van der Waals surface area contributed by atoms with Crippen molar-refractivity contribution in [3.05, 3.63) is 60.1 Å². The number of amides is 4. The van der Waals surface area contributed by atoms with Gasteiger partial charge in [-0.1, -0.05) is 30.3 Å². The number of likely N-dealkylation sites (tertiary alicyclic amines) is 1. The Balaban J connectivity index is 1.46. The molecule has 2 aliphatic rings. The van der Waals surface area contributed by atoms with Crippen LogP contribution in [0.25, 0.3) is 0 Å². The lowest BCUT2D eigenvalue weighted by Crippen LogP contribution is -2.71. The van der Waals surface area contributed by atoms with Crippen molar-refractivity contribution in [2.24, 2.45) is 0 Å². The molecule has 2 fully saturated rings. The minimum atomic E-state index is -0.313. The normalized spacial score (nSPS) is 19.3. The molecular weight excluding hydrogens is 308 g/mol. The van der Waals surface area contributed by atoms with E-state index < -0.39 is 0 Å². The first-order valence-corrected chi connectivity index (χ1v) is 7.84. The second-order valence-corrected chi connectivity index (χ2v) is 6.29. The van der Waals surface area contributed by atoms with E-state index in [1.807, 2.05) is 36.4 Å². The van der Waals surface area contributed by atoms with Gasteiger partial charge < -0.3 is 25.3 Å². The van der Waals surface area contributed by atoms with Crippen molar-refractivity contribution in [3.8, 4) is 0 Å². The number of hydrogen-bond acceptors (Lipinski definition) is 3. The number of hydrogen-bond donors (Lipinski definition) is 3. The van der Waals surface area contributed by atoms with Crippen LogP contribution in [0.1, 0.15) is 17.2 Å². The highest BCUT2D eigenvalue weighted by molar-refractivity contribution is 5.81. The number of carbonyl (C=O) groups is 2. The summed E-state index contributed by atoms with van der Waals surface area (Å²) in [6.07, 6.45) is 3.23. The zero-order valence-corrected chi connectivity index (χ0v) is 13.0. The SMILES string of the molecule is O=C1NCC2(CN(C(=O)NC(c3ccccc3)c3ccoc3)C2)N1. The van der Waals surface area contributed by atoms with Gasteiger partial charge in [0.15, 0.2) is 0 Å². The summed E-state index contributed by atoms with van der Waals surface area (Å²) in [6, 6.07) is 11.0. The topological polar surface area (TPSA) is 86.6 Å². The van der Waals surface area contributed by atoms with Crippen LogP contribution in [0.4, 0.5) is 9.59 Å². The van der Waals surface area contributed by atoms with Crippen molar-refractivity contribution in [1.29, 1.82) is 0 Å². The van der Waals surface area contributed by atoms with Crippen molar-refractivity contribution in [3.63, 3.8) is 0 Å². The van der Waals surface area contributed by atoms with Gasteiger partial charge >= 0.3 is 12.1 Å². The van der Waals surface area contributed by atoms with E-state index in [2.05, 4.69) is 16.0 Å². The van der Waals surface area contributed by atoms with Crippen LogP contribution < -0.4 is 16.0 Å². The van der Waals surface area contributed by atoms with Gasteiger partial charge in [0, 0.05) is 25.2 Å². The number of furan rings is 1. The van der Waals surface area contributed by atoms with Gasteiger partial charge in [0.05, 0.1) is 24.1 Å². The Labute approximate surface area is 139 Å². The molecule has 124 valence electrons. The molecule has 0 saturated carbocycles. The van der Waals surface area contributed by atoms with Crippen LogP contribution >= 0.6 is 0 Å². The number of carbonyl (C=O) groups excluding carboxylic acids is 2. The quantitative estimate of drug-likeness (QED) is 0.798. The minimum Gasteiger partial charge on any atom is -0.472 e. The van der Waals surface area contributed by atoms with Crippen molar-refractivity contribution >= 4 is 12.1 Å². The molecule has 4 amide bonds. The molecule has 0 aliphatic carbocycles. The molecule has 4 rings (SSSR count). The molecule has 1 aromatic carbocycles. The molecule has 0 radical (unpaired) electrons. The molecule has 1 spiro atoms. The third kappa shape index (κ3) is 2.58. The molecule has 1 aromatic heterocycles. The smallest absolute Gasteiger partial charge is 0.318 e. The Bertz CT molecular complexity index is 738. The zero-order valence-electron chi connectivity index (χ0n) is 13.0. The Hall–Kier alpha value is -2.96. The van der Waals surface area contributed by atoms with Crippen LogP contribution in [-0.2, 0) is 0 Å². The van der Waals surface area contributed by atoms with Crippen molar-refractivity contribution in [1.82, 2.24) is 20.9 Å². The molecule has 1 unspecified atom stereocenters. The number of rotatable bonds is 3. The highest BCUT2D eigenvalue weighted by atomic mass is 16.3. The molecular formula is C17H18N4O3. The van der Waals surface area contributed by atoms with E-state index in [-0.39, 0.29) is 23.6 Å². The largest absolute Gasteiger partial charge is 0.472 e. The molecule has 24 heavy (non-hydrogen) atoms. The third-order valence-corrected chi connectivity index (χ3v) is 4.52. The summed E-state index contributed by atoms with van der Waals surface area (Å²) in [5, 5.41) is 8.67. The number of nitrogens with one attached hydrogen (secondary N) is 3. The molecule has 3 N–H and O–H groups in total. The van der Waals surface area contributed by atoms with Gasteiger partial charge in [-0.2, -0.15) is 0 Å². The van der Waals surface area contributed by atoms with Gasteiger partial charge in [-0.25, -0.2) is 9.59 Å². The maximum atomic E-state index is 12.6. The minimum absolute atomic E-state index is 0.156. The van der Waals surface area contributed by atoms with E-state index in [0.29, 0.717) is 19.6 Å². The zero-order chi connectivity index (χ0) is 16.6. The summed E-state index contributed by atoms with van der Waals surface area (Å²) in [6.45, 7) is 1.56. The second kappa shape index (κ2) is 5.59. The van der Waals surface area contributed by atoms with Crippen LogP contribution in [0.3, 0.4) is 0 Å². The highest BCUT2D eigenvalue weighted by Crippen LogP contribution is 2.26. The Morgan fingerprint density at radius 1 is 1.21 bits per heavy atom. The summed E-state index contributed by atoms with van der Waals surface area (Å²) in [4.78, 5) is 25.6. The number of urea groups is 2. The lowest BCUT2D eigenvalue weighted by molar-refractivity contribution is 0.0910. The average Bonchev–Trinajstić information content (AvgIpc) is 3.21. The number of nitrogens with zero attached hydrogens (tertiary/aromatic N) is 1. The first-order chi connectivity index (χ1) is 11.7. The maximum absolute atomic E-state index is 12.6. The summed E-state index contributed by atoms with van der Waals surface area (Å²) in [5.74, 6) is 0. The van der Waals surface area contributed by atoms with Crippen molar-refractivity contribution in [2.45, 2.75) is 11.6 Å².